The molecule has 0 amide bonds. The zero-order chi connectivity index (χ0) is 15.6. The van der Waals surface area contributed by atoms with E-state index >= 15 is 0 Å². The Morgan fingerprint density at radius 3 is 2.38 bits per heavy atom. The van der Waals surface area contributed by atoms with Crippen molar-refractivity contribution in [2.75, 3.05) is 13.7 Å². The molecule has 1 aliphatic rings. The Kier molecular flexibility index (Phi) is 5.21. The normalized spacial score (nSPS) is 18.0. The summed E-state index contributed by atoms with van der Waals surface area (Å²) in [6, 6.07) is 2.07. The molecule has 2 N–H and O–H groups in total. The molecule has 0 aliphatic heterocycles. The van der Waals surface area contributed by atoms with E-state index in [1.807, 2.05) is 0 Å². The second-order valence-corrected chi connectivity index (χ2v) is 7.09. The van der Waals surface area contributed by atoms with Gasteiger partial charge in [-0.2, -0.15) is 0 Å². The molecule has 1 aromatic rings. The van der Waals surface area contributed by atoms with Gasteiger partial charge in [-0.1, -0.05) is 44.7 Å². The molecule has 0 unspecified atom stereocenters. The average Bonchev–Trinajstić information content (AvgIpc) is 2.49. The highest BCUT2D eigenvalue weighted by molar-refractivity contribution is 6.31. The zero-order valence-electron chi connectivity index (χ0n) is 13.8. The van der Waals surface area contributed by atoms with E-state index in [-0.39, 0.29) is 5.41 Å². The summed E-state index contributed by atoms with van der Waals surface area (Å²) in [5.74, 6) is 1.40. The molecule has 1 aromatic carbocycles. The summed E-state index contributed by atoms with van der Waals surface area (Å²) < 4.78 is 5.84. The van der Waals surface area contributed by atoms with Crippen molar-refractivity contribution in [2.45, 2.75) is 64.2 Å². The second-order valence-electron chi connectivity index (χ2n) is 6.68. The third-order valence-corrected chi connectivity index (χ3v) is 5.46. The lowest BCUT2D eigenvalue weighted by atomic mass is 9.67. The number of halogens is 1. The van der Waals surface area contributed by atoms with E-state index in [1.165, 1.54) is 30.4 Å². The molecule has 2 nitrogen and oxygen atoms in total. The van der Waals surface area contributed by atoms with Crippen molar-refractivity contribution in [1.29, 1.82) is 0 Å². The van der Waals surface area contributed by atoms with E-state index in [0.29, 0.717) is 12.5 Å². The van der Waals surface area contributed by atoms with E-state index in [4.69, 9.17) is 22.1 Å². The van der Waals surface area contributed by atoms with Crippen LogP contribution in [-0.2, 0) is 5.41 Å². The summed E-state index contributed by atoms with van der Waals surface area (Å²) in [5.41, 5.74) is 9.88. The highest BCUT2D eigenvalue weighted by Crippen LogP contribution is 2.48. The molecule has 0 saturated heterocycles. The van der Waals surface area contributed by atoms with Gasteiger partial charge in [0.1, 0.15) is 5.75 Å². The van der Waals surface area contributed by atoms with Gasteiger partial charge in [0.25, 0.3) is 0 Å². The lowest BCUT2D eigenvalue weighted by Gasteiger charge is -2.39. The topological polar surface area (TPSA) is 35.2 Å². The van der Waals surface area contributed by atoms with Crippen LogP contribution in [0.25, 0.3) is 0 Å². The van der Waals surface area contributed by atoms with Crippen LogP contribution < -0.4 is 10.5 Å². The molecule has 21 heavy (non-hydrogen) atoms. The Labute approximate surface area is 134 Å². The second kappa shape index (κ2) is 6.58. The summed E-state index contributed by atoms with van der Waals surface area (Å²) in [6.07, 6.45) is 6.06. The van der Waals surface area contributed by atoms with Gasteiger partial charge in [-0.25, -0.2) is 0 Å². The monoisotopic (exact) mass is 309 g/mol. The summed E-state index contributed by atoms with van der Waals surface area (Å²) >= 11 is 6.53. The van der Waals surface area contributed by atoms with E-state index in [9.17, 15) is 0 Å². The summed E-state index contributed by atoms with van der Waals surface area (Å²) in [4.78, 5) is 0. The van der Waals surface area contributed by atoms with Crippen molar-refractivity contribution in [1.82, 2.24) is 0 Å². The van der Waals surface area contributed by atoms with Crippen molar-refractivity contribution >= 4 is 11.6 Å². The van der Waals surface area contributed by atoms with Crippen LogP contribution in [-0.4, -0.2) is 13.7 Å². The van der Waals surface area contributed by atoms with Gasteiger partial charge in [0.15, 0.2) is 0 Å². The van der Waals surface area contributed by atoms with Gasteiger partial charge in [-0.15, -0.1) is 0 Å². The number of nitrogens with two attached hydrogens (primary N) is 1. The van der Waals surface area contributed by atoms with E-state index < -0.39 is 0 Å². The molecule has 0 aromatic heterocycles. The van der Waals surface area contributed by atoms with Gasteiger partial charge in [0.2, 0.25) is 0 Å². The van der Waals surface area contributed by atoms with E-state index in [0.717, 1.165) is 29.2 Å². The van der Waals surface area contributed by atoms with Crippen LogP contribution >= 0.6 is 11.6 Å². The molecule has 0 atom stereocenters. The number of benzene rings is 1. The maximum absolute atomic E-state index is 6.53. The van der Waals surface area contributed by atoms with Gasteiger partial charge in [0, 0.05) is 22.5 Å². The maximum Gasteiger partial charge on any atom is 0.126 e. The molecule has 2 rings (SSSR count). The minimum atomic E-state index is 0.0300. The van der Waals surface area contributed by atoms with E-state index in [1.54, 1.807) is 7.11 Å². The zero-order valence-corrected chi connectivity index (χ0v) is 14.5. The summed E-state index contributed by atoms with van der Waals surface area (Å²) in [7, 11) is 1.77. The summed E-state index contributed by atoms with van der Waals surface area (Å²) in [5, 5.41) is 0.841. The Hall–Kier alpha value is -0.730. The van der Waals surface area contributed by atoms with Gasteiger partial charge in [-0.3, -0.25) is 0 Å². The Morgan fingerprint density at radius 2 is 1.90 bits per heavy atom. The molecule has 1 aliphatic carbocycles. The smallest absolute Gasteiger partial charge is 0.126 e. The molecule has 1 saturated carbocycles. The van der Waals surface area contributed by atoms with Crippen molar-refractivity contribution < 1.29 is 4.74 Å². The standard InChI is InChI=1S/C18H28ClNO/c1-12(2)14-10-15(19)13(3)16(17(14)21-4)18(11-20)8-6-5-7-9-18/h10,12H,5-9,11,20H2,1-4H3. The predicted molar refractivity (Wildman–Crippen MR) is 90.6 cm³/mol. The fourth-order valence-corrected chi connectivity index (χ4v) is 4.03. The van der Waals surface area contributed by atoms with Crippen LogP contribution in [0.15, 0.2) is 6.07 Å². The lowest BCUT2D eigenvalue weighted by Crippen LogP contribution is -2.38. The molecule has 0 radical (unpaired) electrons. The van der Waals surface area contributed by atoms with Crippen molar-refractivity contribution in [3.63, 3.8) is 0 Å². The predicted octanol–water partition coefficient (Wildman–Crippen LogP) is 4.94. The fraction of sp³-hybridized carbons (Fsp3) is 0.667. The van der Waals surface area contributed by atoms with Gasteiger partial charge < -0.3 is 10.5 Å². The van der Waals surface area contributed by atoms with Gasteiger partial charge in [0.05, 0.1) is 7.11 Å². The maximum atomic E-state index is 6.53. The van der Waals surface area contributed by atoms with Crippen LogP contribution in [0.1, 0.15) is 68.6 Å². The Bertz CT molecular complexity index is 504. The number of hydrogen-bond acceptors (Lipinski definition) is 2. The number of hydrogen-bond donors (Lipinski definition) is 1. The van der Waals surface area contributed by atoms with Crippen LogP contribution in [0.4, 0.5) is 0 Å². The first-order chi connectivity index (χ1) is 9.96. The molecule has 118 valence electrons. The third kappa shape index (κ3) is 2.93. The molecule has 1 fully saturated rings. The first kappa shape index (κ1) is 16.6. The highest BCUT2D eigenvalue weighted by Gasteiger charge is 2.38. The first-order valence-electron chi connectivity index (χ1n) is 8.04. The number of rotatable bonds is 4. The van der Waals surface area contributed by atoms with Crippen molar-refractivity contribution in [3.05, 3.63) is 27.8 Å². The van der Waals surface area contributed by atoms with Crippen LogP contribution in [0.2, 0.25) is 5.02 Å². The fourth-order valence-electron chi connectivity index (χ4n) is 3.82. The molecular formula is C18H28ClNO. The first-order valence-corrected chi connectivity index (χ1v) is 8.42. The molecule has 0 bridgehead atoms. The molecule has 3 heteroatoms. The molecule has 0 heterocycles. The molecular weight excluding hydrogens is 282 g/mol. The summed E-state index contributed by atoms with van der Waals surface area (Å²) in [6.45, 7) is 7.14. The average molecular weight is 310 g/mol. The van der Waals surface area contributed by atoms with Gasteiger partial charge in [-0.05, 0) is 42.9 Å². The van der Waals surface area contributed by atoms with Crippen molar-refractivity contribution in [2.24, 2.45) is 5.73 Å². The van der Waals surface area contributed by atoms with Gasteiger partial charge >= 0.3 is 0 Å². The third-order valence-electron chi connectivity index (χ3n) is 5.06. The van der Waals surface area contributed by atoms with E-state index in [2.05, 4.69) is 26.8 Å². The Morgan fingerprint density at radius 1 is 1.29 bits per heavy atom. The Balaban J connectivity index is 2.70. The molecule has 0 spiro atoms. The van der Waals surface area contributed by atoms with Crippen LogP contribution in [0.5, 0.6) is 5.75 Å². The highest BCUT2D eigenvalue weighted by atomic mass is 35.5. The minimum Gasteiger partial charge on any atom is -0.496 e. The quantitative estimate of drug-likeness (QED) is 0.855. The number of methoxy groups -OCH3 is 1. The largest absolute Gasteiger partial charge is 0.496 e. The SMILES string of the molecule is COc1c(C(C)C)cc(Cl)c(C)c1C1(CN)CCCCC1. The lowest BCUT2D eigenvalue weighted by molar-refractivity contribution is 0.285. The van der Waals surface area contributed by atoms with Crippen LogP contribution in [0.3, 0.4) is 0 Å². The van der Waals surface area contributed by atoms with Crippen LogP contribution in [0, 0.1) is 6.92 Å². The minimum absolute atomic E-state index is 0.0300. The van der Waals surface area contributed by atoms with Crippen molar-refractivity contribution in [3.8, 4) is 5.75 Å². The number of ether oxygens (including phenoxy) is 1.